The number of halogens is 1. The molecule has 0 atom stereocenters. The van der Waals surface area contributed by atoms with E-state index in [1.165, 1.54) is 0 Å². The number of hydrogen-bond donors (Lipinski definition) is 2. The lowest BCUT2D eigenvalue weighted by molar-refractivity contribution is -0.118. The number of benzene rings is 2. The van der Waals surface area contributed by atoms with E-state index in [4.69, 9.17) is 4.74 Å². The van der Waals surface area contributed by atoms with Crippen molar-refractivity contribution in [3.8, 4) is 5.75 Å². The number of nitrogens with one attached hydrogen (secondary N) is 2. The molecule has 2 amide bonds. The summed E-state index contributed by atoms with van der Waals surface area (Å²) < 4.78 is 6.63. The Hall–Kier alpha value is -2.34. The van der Waals surface area contributed by atoms with E-state index in [1.807, 2.05) is 32.9 Å². The van der Waals surface area contributed by atoms with Crippen molar-refractivity contribution in [1.82, 2.24) is 0 Å². The number of ether oxygens (including phenoxy) is 1. The van der Waals surface area contributed by atoms with Crippen LogP contribution in [-0.4, -0.2) is 18.4 Å². The van der Waals surface area contributed by atoms with Crippen LogP contribution in [0.15, 0.2) is 40.9 Å². The summed E-state index contributed by atoms with van der Waals surface area (Å²) in [5.41, 5.74) is 3.22. The minimum Gasteiger partial charge on any atom is -0.484 e. The largest absolute Gasteiger partial charge is 0.484 e. The number of carbonyl (C=O) groups is 2. The SMILES string of the molecule is CCCC(=O)Nc1ccccc1NC(=O)COc1cc(C)c(Br)c(C)c1. The minimum atomic E-state index is -0.291. The fraction of sp³-hybridized carbons (Fsp3) is 0.300. The predicted molar refractivity (Wildman–Crippen MR) is 108 cm³/mol. The Morgan fingerprint density at radius 2 is 1.54 bits per heavy atom. The molecule has 0 radical (unpaired) electrons. The molecule has 0 aromatic heterocycles. The standard InChI is InChI=1S/C20H23BrN2O3/c1-4-7-18(24)22-16-8-5-6-9-17(16)23-19(25)12-26-15-10-13(2)20(21)14(3)11-15/h5-6,8-11H,4,7,12H2,1-3H3,(H,22,24)(H,23,25). The van der Waals surface area contributed by atoms with Crippen LogP contribution in [0.4, 0.5) is 11.4 Å². The van der Waals surface area contributed by atoms with Gasteiger partial charge in [0, 0.05) is 10.9 Å². The third-order valence-corrected chi connectivity index (χ3v) is 4.98. The summed E-state index contributed by atoms with van der Waals surface area (Å²) >= 11 is 3.51. The van der Waals surface area contributed by atoms with Gasteiger partial charge < -0.3 is 15.4 Å². The molecule has 0 saturated heterocycles. The van der Waals surface area contributed by atoms with Crippen molar-refractivity contribution in [3.63, 3.8) is 0 Å². The summed E-state index contributed by atoms with van der Waals surface area (Å²) in [7, 11) is 0. The van der Waals surface area contributed by atoms with Crippen LogP contribution in [0, 0.1) is 13.8 Å². The maximum absolute atomic E-state index is 12.2. The quantitative estimate of drug-likeness (QED) is 0.676. The minimum absolute atomic E-state index is 0.0775. The van der Waals surface area contributed by atoms with Gasteiger partial charge in [0.25, 0.3) is 5.91 Å². The maximum Gasteiger partial charge on any atom is 0.262 e. The summed E-state index contributed by atoms with van der Waals surface area (Å²) in [6.45, 7) is 5.77. The Labute approximate surface area is 162 Å². The van der Waals surface area contributed by atoms with Crippen LogP contribution in [0.5, 0.6) is 5.75 Å². The molecule has 0 saturated carbocycles. The van der Waals surface area contributed by atoms with Crippen molar-refractivity contribution in [2.24, 2.45) is 0 Å². The van der Waals surface area contributed by atoms with Crippen molar-refractivity contribution in [1.29, 1.82) is 0 Å². The highest BCUT2D eigenvalue weighted by molar-refractivity contribution is 9.10. The molecule has 0 unspecified atom stereocenters. The van der Waals surface area contributed by atoms with Crippen LogP contribution in [0.1, 0.15) is 30.9 Å². The van der Waals surface area contributed by atoms with Gasteiger partial charge >= 0.3 is 0 Å². The van der Waals surface area contributed by atoms with Crippen molar-refractivity contribution in [2.75, 3.05) is 17.2 Å². The maximum atomic E-state index is 12.2. The molecule has 0 heterocycles. The molecule has 0 fully saturated rings. The zero-order valence-electron chi connectivity index (χ0n) is 15.2. The summed E-state index contributed by atoms with van der Waals surface area (Å²) in [6.07, 6.45) is 1.20. The molecule has 5 nitrogen and oxygen atoms in total. The Balaban J connectivity index is 1.99. The molecule has 0 spiro atoms. The summed E-state index contributed by atoms with van der Waals surface area (Å²) in [5.74, 6) is 0.273. The topological polar surface area (TPSA) is 67.4 Å². The number of para-hydroxylation sites is 2. The zero-order valence-corrected chi connectivity index (χ0v) is 16.8. The first kappa shape index (κ1) is 20.0. The second-order valence-corrected chi connectivity index (χ2v) is 6.84. The number of amides is 2. The van der Waals surface area contributed by atoms with Crippen molar-refractivity contribution in [3.05, 3.63) is 52.0 Å². The molecule has 2 rings (SSSR count). The lowest BCUT2D eigenvalue weighted by Crippen LogP contribution is -2.21. The molecule has 0 aliphatic heterocycles. The predicted octanol–water partition coefficient (Wildman–Crippen LogP) is 4.82. The molecule has 6 heteroatoms. The number of rotatable bonds is 7. The van der Waals surface area contributed by atoms with Crippen LogP contribution >= 0.6 is 15.9 Å². The highest BCUT2D eigenvalue weighted by Gasteiger charge is 2.10. The lowest BCUT2D eigenvalue weighted by Gasteiger charge is -2.13. The second kappa shape index (κ2) is 9.38. The van der Waals surface area contributed by atoms with Gasteiger partial charge in [0.15, 0.2) is 6.61 Å². The Morgan fingerprint density at radius 3 is 2.08 bits per heavy atom. The molecule has 0 aliphatic rings. The molecule has 2 aromatic carbocycles. The van der Waals surface area contributed by atoms with Gasteiger partial charge in [-0.2, -0.15) is 0 Å². The summed E-state index contributed by atoms with van der Waals surface area (Å²) in [5, 5.41) is 5.59. The lowest BCUT2D eigenvalue weighted by atomic mass is 10.1. The average molecular weight is 419 g/mol. The molecule has 0 aliphatic carbocycles. The van der Waals surface area contributed by atoms with Crippen LogP contribution in [0.3, 0.4) is 0 Å². The molecule has 2 aromatic rings. The Bertz CT molecular complexity index is 782. The molecule has 2 N–H and O–H groups in total. The summed E-state index contributed by atoms with van der Waals surface area (Å²) in [4.78, 5) is 24.0. The molecular weight excluding hydrogens is 396 g/mol. The van der Waals surface area contributed by atoms with Gasteiger partial charge in [0.2, 0.25) is 5.91 Å². The highest BCUT2D eigenvalue weighted by Crippen LogP contribution is 2.26. The van der Waals surface area contributed by atoms with Crippen molar-refractivity contribution < 1.29 is 14.3 Å². The fourth-order valence-electron chi connectivity index (χ4n) is 2.47. The van der Waals surface area contributed by atoms with E-state index in [1.54, 1.807) is 24.3 Å². The van der Waals surface area contributed by atoms with Gasteiger partial charge in [-0.25, -0.2) is 0 Å². The van der Waals surface area contributed by atoms with E-state index >= 15 is 0 Å². The normalized spacial score (nSPS) is 10.3. The number of aryl methyl sites for hydroxylation is 2. The van der Waals surface area contributed by atoms with Crippen molar-refractivity contribution in [2.45, 2.75) is 33.6 Å². The molecular formula is C20H23BrN2O3. The van der Waals surface area contributed by atoms with Gasteiger partial charge in [0.1, 0.15) is 5.75 Å². The highest BCUT2D eigenvalue weighted by atomic mass is 79.9. The van der Waals surface area contributed by atoms with E-state index in [9.17, 15) is 9.59 Å². The second-order valence-electron chi connectivity index (χ2n) is 6.05. The smallest absolute Gasteiger partial charge is 0.262 e. The Kier molecular flexibility index (Phi) is 7.21. The van der Waals surface area contributed by atoms with Gasteiger partial charge in [-0.3, -0.25) is 9.59 Å². The molecule has 138 valence electrons. The van der Waals surface area contributed by atoms with Gasteiger partial charge in [-0.05, 0) is 55.7 Å². The van der Waals surface area contributed by atoms with Crippen LogP contribution in [0.2, 0.25) is 0 Å². The van der Waals surface area contributed by atoms with Crippen LogP contribution in [-0.2, 0) is 9.59 Å². The number of anilines is 2. The first-order chi connectivity index (χ1) is 12.4. The first-order valence-corrected chi connectivity index (χ1v) is 9.28. The molecule has 0 bridgehead atoms. The zero-order chi connectivity index (χ0) is 19.1. The first-order valence-electron chi connectivity index (χ1n) is 8.49. The Morgan fingerprint density at radius 1 is 1.00 bits per heavy atom. The fourth-order valence-corrected chi connectivity index (χ4v) is 2.69. The van der Waals surface area contributed by atoms with Gasteiger partial charge in [-0.15, -0.1) is 0 Å². The van der Waals surface area contributed by atoms with E-state index < -0.39 is 0 Å². The monoisotopic (exact) mass is 418 g/mol. The van der Waals surface area contributed by atoms with Crippen LogP contribution in [0.25, 0.3) is 0 Å². The van der Waals surface area contributed by atoms with Crippen LogP contribution < -0.4 is 15.4 Å². The third kappa shape index (κ3) is 5.59. The van der Waals surface area contributed by atoms with E-state index in [0.717, 1.165) is 22.0 Å². The van der Waals surface area contributed by atoms with E-state index in [2.05, 4.69) is 26.6 Å². The van der Waals surface area contributed by atoms with E-state index in [0.29, 0.717) is 23.5 Å². The molecule has 26 heavy (non-hydrogen) atoms. The number of hydrogen-bond acceptors (Lipinski definition) is 3. The van der Waals surface area contributed by atoms with Gasteiger partial charge in [-0.1, -0.05) is 35.0 Å². The van der Waals surface area contributed by atoms with E-state index in [-0.39, 0.29) is 18.4 Å². The number of carbonyl (C=O) groups excluding carboxylic acids is 2. The van der Waals surface area contributed by atoms with Gasteiger partial charge in [0.05, 0.1) is 11.4 Å². The van der Waals surface area contributed by atoms with Crippen molar-refractivity contribution >= 4 is 39.1 Å². The third-order valence-electron chi connectivity index (χ3n) is 3.73. The average Bonchev–Trinajstić information content (AvgIpc) is 2.59. The summed E-state index contributed by atoms with van der Waals surface area (Å²) in [6, 6.07) is 10.9.